The number of anilines is 2. The maximum absolute atomic E-state index is 12.4. The molecule has 3 nitrogen and oxygen atoms in total. The summed E-state index contributed by atoms with van der Waals surface area (Å²) >= 11 is 0. The summed E-state index contributed by atoms with van der Waals surface area (Å²) in [4.78, 5) is 12.4. The zero-order chi connectivity index (χ0) is 14.7. The first-order valence-electron chi connectivity index (χ1n) is 6.79. The fraction of sp³-hybridized carbons (Fsp3) is 0.235. The van der Waals surface area contributed by atoms with Crippen LogP contribution in [0.4, 0.5) is 11.4 Å². The third-order valence-electron chi connectivity index (χ3n) is 3.47. The van der Waals surface area contributed by atoms with Gasteiger partial charge in [-0.1, -0.05) is 25.1 Å². The molecule has 0 aliphatic rings. The first-order chi connectivity index (χ1) is 9.52. The summed E-state index contributed by atoms with van der Waals surface area (Å²) in [7, 11) is 0. The molecule has 0 radical (unpaired) electrons. The van der Waals surface area contributed by atoms with E-state index < -0.39 is 0 Å². The lowest BCUT2D eigenvalue weighted by Crippen LogP contribution is -2.15. The van der Waals surface area contributed by atoms with E-state index in [1.165, 1.54) is 0 Å². The molecule has 2 rings (SSSR count). The van der Waals surface area contributed by atoms with Gasteiger partial charge in [0.25, 0.3) is 5.91 Å². The molecule has 0 spiro atoms. The van der Waals surface area contributed by atoms with Crippen LogP contribution >= 0.6 is 0 Å². The number of nitrogen functional groups attached to an aromatic ring is 1. The topological polar surface area (TPSA) is 55.1 Å². The molecule has 0 unspecified atom stereocenters. The van der Waals surface area contributed by atoms with Crippen molar-refractivity contribution in [1.29, 1.82) is 0 Å². The third kappa shape index (κ3) is 2.82. The summed E-state index contributed by atoms with van der Waals surface area (Å²) in [5.41, 5.74) is 11.1. The molecule has 2 aromatic carbocycles. The highest BCUT2D eigenvalue weighted by molar-refractivity contribution is 6.06. The van der Waals surface area contributed by atoms with Crippen LogP contribution in [0.2, 0.25) is 0 Å². The third-order valence-corrected chi connectivity index (χ3v) is 3.47. The average Bonchev–Trinajstić information content (AvgIpc) is 2.40. The van der Waals surface area contributed by atoms with Crippen molar-refractivity contribution in [1.82, 2.24) is 0 Å². The van der Waals surface area contributed by atoms with Crippen LogP contribution in [0.1, 0.15) is 34.0 Å². The Bertz CT molecular complexity index is 647. The lowest BCUT2D eigenvalue weighted by Gasteiger charge is -2.14. The molecule has 0 aliphatic carbocycles. The van der Waals surface area contributed by atoms with Gasteiger partial charge in [0.2, 0.25) is 0 Å². The number of carbonyl (C=O) groups is 1. The predicted octanol–water partition coefficient (Wildman–Crippen LogP) is 3.70. The van der Waals surface area contributed by atoms with Gasteiger partial charge in [0.1, 0.15) is 0 Å². The molecule has 0 aliphatic heterocycles. The van der Waals surface area contributed by atoms with E-state index in [-0.39, 0.29) is 5.91 Å². The number of carbonyl (C=O) groups excluding carboxylic acids is 1. The lowest BCUT2D eigenvalue weighted by atomic mass is 10.0. The number of hydrogen-bond acceptors (Lipinski definition) is 2. The van der Waals surface area contributed by atoms with Gasteiger partial charge in [0.15, 0.2) is 0 Å². The van der Waals surface area contributed by atoms with E-state index in [1.807, 2.05) is 38.1 Å². The maximum Gasteiger partial charge on any atom is 0.255 e. The first kappa shape index (κ1) is 14.1. The van der Waals surface area contributed by atoms with Crippen LogP contribution in [0.5, 0.6) is 0 Å². The van der Waals surface area contributed by atoms with Gasteiger partial charge < -0.3 is 11.1 Å². The number of para-hydroxylation sites is 1. The Balaban J connectivity index is 2.33. The molecular weight excluding hydrogens is 248 g/mol. The molecule has 0 atom stereocenters. The van der Waals surface area contributed by atoms with Gasteiger partial charge in [0.05, 0.1) is 0 Å². The van der Waals surface area contributed by atoms with Crippen LogP contribution < -0.4 is 11.1 Å². The zero-order valence-electron chi connectivity index (χ0n) is 12.2. The van der Waals surface area contributed by atoms with Crippen molar-refractivity contribution in [2.24, 2.45) is 0 Å². The summed E-state index contributed by atoms with van der Waals surface area (Å²) in [6.07, 6.45) is 0.887. The van der Waals surface area contributed by atoms with Crippen molar-refractivity contribution in [2.45, 2.75) is 27.2 Å². The highest BCUT2D eigenvalue weighted by Gasteiger charge is 2.12. The molecule has 2 aromatic rings. The molecule has 0 bridgehead atoms. The molecule has 104 valence electrons. The summed E-state index contributed by atoms with van der Waals surface area (Å²) in [5.74, 6) is -0.0912. The van der Waals surface area contributed by atoms with Gasteiger partial charge in [-0.25, -0.2) is 0 Å². The molecule has 1 amide bonds. The average molecular weight is 268 g/mol. The van der Waals surface area contributed by atoms with E-state index in [2.05, 4.69) is 12.2 Å². The van der Waals surface area contributed by atoms with E-state index in [1.54, 1.807) is 12.1 Å². The maximum atomic E-state index is 12.4. The largest absolute Gasteiger partial charge is 0.399 e. The standard InChI is InChI=1S/C17H20N2O/c1-4-13-7-5-6-11(2)16(13)19-17(20)15-9-8-14(18)10-12(15)3/h5-10H,4,18H2,1-3H3,(H,19,20). The smallest absolute Gasteiger partial charge is 0.255 e. The molecule has 0 heterocycles. The summed E-state index contributed by atoms with van der Waals surface area (Å²) < 4.78 is 0. The van der Waals surface area contributed by atoms with Crippen LogP contribution in [0.15, 0.2) is 36.4 Å². The minimum atomic E-state index is -0.0912. The van der Waals surface area contributed by atoms with Crippen LogP contribution in [0.25, 0.3) is 0 Å². The Morgan fingerprint density at radius 3 is 2.55 bits per heavy atom. The number of rotatable bonds is 3. The molecule has 20 heavy (non-hydrogen) atoms. The minimum Gasteiger partial charge on any atom is -0.399 e. The van der Waals surface area contributed by atoms with Crippen LogP contribution in [0.3, 0.4) is 0 Å². The van der Waals surface area contributed by atoms with Crippen molar-refractivity contribution in [3.05, 3.63) is 58.7 Å². The molecular formula is C17H20N2O. The fourth-order valence-corrected chi connectivity index (χ4v) is 2.32. The van der Waals surface area contributed by atoms with Gasteiger partial charge in [-0.2, -0.15) is 0 Å². The highest BCUT2D eigenvalue weighted by atomic mass is 16.1. The number of amides is 1. The summed E-state index contributed by atoms with van der Waals surface area (Å²) in [6, 6.07) is 11.4. The Morgan fingerprint density at radius 1 is 1.15 bits per heavy atom. The molecule has 0 saturated heterocycles. The monoisotopic (exact) mass is 268 g/mol. The van der Waals surface area contributed by atoms with Gasteiger partial charge in [0, 0.05) is 16.9 Å². The quantitative estimate of drug-likeness (QED) is 0.834. The molecule has 0 saturated carbocycles. The normalized spacial score (nSPS) is 10.3. The van der Waals surface area contributed by atoms with E-state index in [0.29, 0.717) is 11.3 Å². The molecule has 3 N–H and O–H groups in total. The second-order valence-corrected chi connectivity index (χ2v) is 4.99. The SMILES string of the molecule is CCc1cccc(C)c1NC(=O)c1ccc(N)cc1C. The van der Waals surface area contributed by atoms with Crippen molar-refractivity contribution >= 4 is 17.3 Å². The Hall–Kier alpha value is -2.29. The number of nitrogens with one attached hydrogen (secondary N) is 1. The highest BCUT2D eigenvalue weighted by Crippen LogP contribution is 2.22. The van der Waals surface area contributed by atoms with Crippen molar-refractivity contribution in [2.75, 3.05) is 11.1 Å². The van der Waals surface area contributed by atoms with Crippen molar-refractivity contribution in [3.8, 4) is 0 Å². The van der Waals surface area contributed by atoms with Crippen LogP contribution in [0, 0.1) is 13.8 Å². The van der Waals surface area contributed by atoms with Crippen molar-refractivity contribution in [3.63, 3.8) is 0 Å². The van der Waals surface area contributed by atoms with Crippen LogP contribution in [-0.4, -0.2) is 5.91 Å². The van der Waals surface area contributed by atoms with Gasteiger partial charge in [-0.05, 0) is 55.2 Å². The minimum absolute atomic E-state index is 0.0912. The molecule has 0 aromatic heterocycles. The van der Waals surface area contributed by atoms with E-state index in [9.17, 15) is 4.79 Å². The van der Waals surface area contributed by atoms with E-state index >= 15 is 0 Å². The van der Waals surface area contributed by atoms with Gasteiger partial charge in [-0.15, -0.1) is 0 Å². The lowest BCUT2D eigenvalue weighted by molar-refractivity contribution is 0.102. The summed E-state index contributed by atoms with van der Waals surface area (Å²) in [6.45, 7) is 5.98. The van der Waals surface area contributed by atoms with Gasteiger partial charge in [-0.3, -0.25) is 4.79 Å². The Labute approximate surface area is 119 Å². The predicted molar refractivity (Wildman–Crippen MR) is 84.1 cm³/mol. The molecule has 3 heteroatoms. The second kappa shape index (κ2) is 5.78. The summed E-state index contributed by atoms with van der Waals surface area (Å²) in [5, 5.41) is 3.03. The number of benzene rings is 2. The zero-order valence-corrected chi connectivity index (χ0v) is 12.2. The Kier molecular flexibility index (Phi) is 4.08. The Morgan fingerprint density at radius 2 is 1.90 bits per heavy atom. The van der Waals surface area contributed by atoms with Crippen molar-refractivity contribution < 1.29 is 4.79 Å². The number of hydrogen-bond donors (Lipinski definition) is 2. The molecule has 0 fully saturated rings. The first-order valence-corrected chi connectivity index (χ1v) is 6.79. The van der Waals surface area contributed by atoms with Gasteiger partial charge >= 0.3 is 0 Å². The van der Waals surface area contributed by atoms with E-state index in [4.69, 9.17) is 5.73 Å². The van der Waals surface area contributed by atoms with E-state index in [0.717, 1.165) is 28.8 Å². The number of aryl methyl sites for hydroxylation is 3. The number of nitrogens with two attached hydrogens (primary N) is 1. The fourth-order valence-electron chi connectivity index (χ4n) is 2.32. The second-order valence-electron chi connectivity index (χ2n) is 4.99. The van der Waals surface area contributed by atoms with Crippen LogP contribution in [-0.2, 0) is 6.42 Å².